The molecule has 1 rings (SSSR count). The maximum Gasteiger partial charge on any atom is 0.223 e. The van der Waals surface area contributed by atoms with Gasteiger partial charge in [-0.1, -0.05) is 17.7 Å². The average Bonchev–Trinajstić information content (AvgIpc) is 2.30. The molecule has 0 fully saturated rings. The standard InChI is InChI=1S/C12H18ClN5.ClH/c1-3-18(4-2)12(15)17-11(14)16-10-7-5-6-9(13)8-10;/h5-8H,3-4H2,1-2H3,(H4,14,15,16,17);1H. The van der Waals surface area contributed by atoms with Crippen LogP contribution in [0.15, 0.2) is 34.3 Å². The van der Waals surface area contributed by atoms with E-state index in [0.29, 0.717) is 16.7 Å². The first-order valence-corrected chi connectivity index (χ1v) is 6.13. The summed E-state index contributed by atoms with van der Waals surface area (Å²) in [6.07, 6.45) is 0. The van der Waals surface area contributed by atoms with E-state index in [1.807, 2.05) is 18.7 Å². The van der Waals surface area contributed by atoms with Crippen molar-refractivity contribution in [1.82, 2.24) is 4.90 Å². The van der Waals surface area contributed by atoms with Crippen molar-refractivity contribution in [2.45, 2.75) is 13.8 Å². The lowest BCUT2D eigenvalue weighted by molar-refractivity contribution is 0.461. The molecule has 0 bridgehead atoms. The summed E-state index contributed by atoms with van der Waals surface area (Å²) in [7, 11) is 0. The second kappa shape index (κ2) is 8.61. The van der Waals surface area contributed by atoms with Crippen molar-refractivity contribution in [2.24, 2.45) is 21.5 Å². The van der Waals surface area contributed by atoms with Gasteiger partial charge >= 0.3 is 0 Å². The van der Waals surface area contributed by atoms with Crippen LogP contribution in [0.5, 0.6) is 0 Å². The number of hydrogen-bond acceptors (Lipinski definition) is 1. The molecule has 0 amide bonds. The number of aliphatic imine (C=N–C) groups is 2. The monoisotopic (exact) mass is 303 g/mol. The van der Waals surface area contributed by atoms with Crippen LogP contribution in [0.25, 0.3) is 0 Å². The fourth-order valence-corrected chi connectivity index (χ4v) is 1.62. The first-order chi connectivity index (χ1) is 8.56. The van der Waals surface area contributed by atoms with Gasteiger partial charge in [0.15, 0.2) is 5.96 Å². The lowest BCUT2D eigenvalue weighted by Crippen LogP contribution is -2.38. The quantitative estimate of drug-likeness (QED) is 0.664. The Hall–Kier alpha value is -1.46. The molecule has 1 aromatic carbocycles. The van der Waals surface area contributed by atoms with Crippen LogP contribution in [0.3, 0.4) is 0 Å². The summed E-state index contributed by atoms with van der Waals surface area (Å²) in [5, 5.41) is 0.602. The first kappa shape index (κ1) is 17.5. The highest BCUT2D eigenvalue weighted by Crippen LogP contribution is 2.17. The summed E-state index contributed by atoms with van der Waals surface area (Å²) in [5.41, 5.74) is 12.2. The molecule has 19 heavy (non-hydrogen) atoms. The molecular weight excluding hydrogens is 285 g/mol. The Bertz CT molecular complexity index is 455. The summed E-state index contributed by atoms with van der Waals surface area (Å²) >= 11 is 5.85. The summed E-state index contributed by atoms with van der Waals surface area (Å²) in [6, 6.07) is 7.07. The normalized spacial score (nSPS) is 11.9. The average molecular weight is 304 g/mol. The van der Waals surface area contributed by atoms with Crippen LogP contribution in [0.4, 0.5) is 5.69 Å². The lowest BCUT2D eigenvalue weighted by atomic mass is 10.3. The van der Waals surface area contributed by atoms with Gasteiger partial charge in [0.25, 0.3) is 0 Å². The van der Waals surface area contributed by atoms with E-state index in [1.165, 1.54) is 0 Å². The van der Waals surface area contributed by atoms with E-state index in [0.717, 1.165) is 13.1 Å². The smallest absolute Gasteiger partial charge is 0.223 e. The molecule has 0 aliphatic heterocycles. The largest absolute Gasteiger partial charge is 0.369 e. The van der Waals surface area contributed by atoms with Crippen LogP contribution in [-0.2, 0) is 0 Å². The van der Waals surface area contributed by atoms with Gasteiger partial charge < -0.3 is 16.4 Å². The van der Waals surface area contributed by atoms with Crippen LogP contribution < -0.4 is 11.5 Å². The zero-order chi connectivity index (χ0) is 13.5. The zero-order valence-electron chi connectivity index (χ0n) is 11.0. The Kier molecular flexibility index (Phi) is 7.95. The molecule has 0 saturated carbocycles. The highest BCUT2D eigenvalue weighted by molar-refractivity contribution is 6.30. The van der Waals surface area contributed by atoms with Gasteiger partial charge in [-0.05, 0) is 32.0 Å². The van der Waals surface area contributed by atoms with Crippen molar-refractivity contribution in [1.29, 1.82) is 0 Å². The topological polar surface area (TPSA) is 80.0 Å². The number of benzene rings is 1. The fraction of sp³-hybridized carbons (Fsp3) is 0.333. The highest BCUT2D eigenvalue weighted by Gasteiger charge is 2.02. The van der Waals surface area contributed by atoms with Crippen molar-refractivity contribution in [3.05, 3.63) is 29.3 Å². The van der Waals surface area contributed by atoms with Gasteiger partial charge in [-0.25, -0.2) is 4.99 Å². The number of rotatable bonds is 3. The molecule has 0 radical (unpaired) electrons. The van der Waals surface area contributed by atoms with Gasteiger partial charge in [0.1, 0.15) is 0 Å². The molecular formula is C12H19Cl2N5. The first-order valence-electron chi connectivity index (χ1n) is 5.75. The van der Waals surface area contributed by atoms with E-state index < -0.39 is 0 Å². The molecule has 0 unspecified atom stereocenters. The third-order valence-corrected chi connectivity index (χ3v) is 2.60. The van der Waals surface area contributed by atoms with E-state index in [2.05, 4.69) is 9.98 Å². The van der Waals surface area contributed by atoms with Gasteiger partial charge in [-0.3, -0.25) is 0 Å². The predicted molar refractivity (Wildman–Crippen MR) is 84.5 cm³/mol. The molecule has 0 saturated heterocycles. The second-order valence-electron chi connectivity index (χ2n) is 3.59. The van der Waals surface area contributed by atoms with E-state index in [-0.39, 0.29) is 18.4 Å². The molecule has 106 valence electrons. The van der Waals surface area contributed by atoms with Gasteiger partial charge in [-0.15, -0.1) is 12.4 Å². The predicted octanol–water partition coefficient (Wildman–Crippen LogP) is 2.36. The van der Waals surface area contributed by atoms with Crippen molar-refractivity contribution in [3.8, 4) is 0 Å². The van der Waals surface area contributed by atoms with Gasteiger partial charge in [0, 0.05) is 18.1 Å². The van der Waals surface area contributed by atoms with Gasteiger partial charge in [-0.2, -0.15) is 4.99 Å². The Balaban J connectivity index is 0.00000324. The molecule has 1 aromatic rings. The minimum absolute atomic E-state index is 0. The van der Waals surface area contributed by atoms with Crippen molar-refractivity contribution < 1.29 is 0 Å². The minimum Gasteiger partial charge on any atom is -0.369 e. The molecule has 5 nitrogen and oxygen atoms in total. The van der Waals surface area contributed by atoms with Gasteiger partial charge in [0.2, 0.25) is 5.96 Å². The number of nitrogens with zero attached hydrogens (tertiary/aromatic N) is 3. The van der Waals surface area contributed by atoms with Crippen molar-refractivity contribution in [3.63, 3.8) is 0 Å². The molecule has 4 N–H and O–H groups in total. The minimum atomic E-state index is 0. The van der Waals surface area contributed by atoms with Crippen molar-refractivity contribution in [2.75, 3.05) is 13.1 Å². The Morgan fingerprint density at radius 2 is 1.89 bits per heavy atom. The fourth-order valence-electron chi connectivity index (χ4n) is 1.44. The number of nitrogens with two attached hydrogens (primary N) is 2. The summed E-state index contributed by atoms with van der Waals surface area (Å²) in [6.45, 7) is 5.54. The third-order valence-electron chi connectivity index (χ3n) is 2.37. The summed E-state index contributed by atoms with van der Waals surface area (Å²) < 4.78 is 0. The van der Waals surface area contributed by atoms with Crippen molar-refractivity contribution >= 4 is 41.6 Å². The second-order valence-corrected chi connectivity index (χ2v) is 4.03. The molecule has 0 spiro atoms. The van der Waals surface area contributed by atoms with E-state index in [9.17, 15) is 0 Å². The maximum absolute atomic E-state index is 5.85. The van der Waals surface area contributed by atoms with E-state index >= 15 is 0 Å². The number of halogens is 2. The lowest BCUT2D eigenvalue weighted by Gasteiger charge is -2.18. The van der Waals surface area contributed by atoms with E-state index in [4.69, 9.17) is 23.1 Å². The maximum atomic E-state index is 5.85. The highest BCUT2D eigenvalue weighted by atomic mass is 35.5. The molecule has 0 aliphatic carbocycles. The molecule has 0 heterocycles. The Morgan fingerprint density at radius 1 is 1.26 bits per heavy atom. The SMILES string of the molecule is CCN(CC)C(N)=NC(N)=Nc1cccc(Cl)c1.Cl. The van der Waals surface area contributed by atoms with Crippen LogP contribution >= 0.6 is 24.0 Å². The molecule has 0 aliphatic rings. The molecule has 0 atom stereocenters. The van der Waals surface area contributed by atoms with Gasteiger partial charge in [0.05, 0.1) is 5.69 Å². The van der Waals surface area contributed by atoms with E-state index in [1.54, 1.807) is 24.3 Å². The Morgan fingerprint density at radius 3 is 2.42 bits per heavy atom. The van der Waals surface area contributed by atoms with Crippen LogP contribution in [0, 0.1) is 0 Å². The zero-order valence-corrected chi connectivity index (χ0v) is 12.6. The number of guanidine groups is 2. The van der Waals surface area contributed by atoms with Crippen LogP contribution in [-0.4, -0.2) is 29.9 Å². The summed E-state index contributed by atoms with van der Waals surface area (Å²) in [5.74, 6) is 0.477. The summed E-state index contributed by atoms with van der Waals surface area (Å²) in [4.78, 5) is 10.1. The molecule has 7 heteroatoms. The third kappa shape index (κ3) is 5.81. The van der Waals surface area contributed by atoms with Crippen LogP contribution in [0.1, 0.15) is 13.8 Å². The number of hydrogen-bond donors (Lipinski definition) is 2. The Labute approximate surface area is 124 Å². The molecule has 0 aromatic heterocycles. The van der Waals surface area contributed by atoms with Crippen LogP contribution in [0.2, 0.25) is 5.02 Å².